The molecule has 0 aliphatic carbocycles. The van der Waals surface area contributed by atoms with Crippen molar-refractivity contribution in [3.8, 4) is 11.5 Å². The average molecular weight is 399 g/mol. The highest BCUT2D eigenvalue weighted by atomic mass is 32.1. The standard InChI is InChI=1S/C22H22FNO3S/c1-3-26-18-12-9-16(14-19(18)27-4-2)22(25)24-21(20-6-5-13-28-20)15-7-10-17(23)11-8-15/h5-14,21H,3-4H2,1-2H3,(H,24,25). The maximum Gasteiger partial charge on any atom is 0.252 e. The van der Waals surface area contributed by atoms with E-state index in [0.29, 0.717) is 30.3 Å². The Morgan fingerprint density at radius 1 is 1.04 bits per heavy atom. The van der Waals surface area contributed by atoms with Crippen LogP contribution in [0.3, 0.4) is 0 Å². The molecule has 0 fully saturated rings. The lowest BCUT2D eigenvalue weighted by Gasteiger charge is -2.19. The van der Waals surface area contributed by atoms with E-state index in [-0.39, 0.29) is 17.8 Å². The fourth-order valence-corrected chi connectivity index (χ4v) is 3.64. The Labute approximate surface area is 167 Å². The Balaban J connectivity index is 1.88. The molecule has 0 saturated carbocycles. The molecule has 28 heavy (non-hydrogen) atoms. The lowest BCUT2D eigenvalue weighted by molar-refractivity contribution is 0.0943. The van der Waals surface area contributed by atoms with Gasteiger partial charge in [0, 0.05) is 10.4 Å². The summed E-state index contributed by atoms with van der Waals surface area (Å²) in [6.07, 6.45) is 0. The number of carbonyl (C=O) groups excluding carboxylic acids is 1. The van der Waals surface area contributed by atoms with Crippen LogP contribution in [0.15, 0.2) is 60.0 Å². The monoisotopic (exact) mass is 399 g/mol. The van der Waals surface area contributed by atoms with Gasteiger partial charge in [-0.1, -0.05) is 18.2 Å². The molecule has 1 amide bonds. The van der Waals surface area contributed by atoms with Crippen LogP contribution < -0.4 is 14.8 Å². The zero-order valence-electron chi connectivity index (χ0n) is 15.8. The van der Waals surface area contributed by atoms with E-state index in [1.54, 1.807) is 30.3 Å². The minimum absolute atomic E-state index is 0.244. The van der Waals surface area contributed by atoms with E-state index in [1.807, 2.05) is 31.4 Å². The van der Waals surface area contributed by atoms with Crippen molar-refractivity contribution in [3.63, 3.8) is 0 Å². The van der Waals surface area contributed by atoms with E-state index in [0.717, 1.165) is 10.4 Å². The molecule has 1 N–H and O–H groups in total. The maximum absolute atomic E-state index is 13.3. The molecule has 0 saturated heterocycles. The second-order valence-corrected chi connectivity index (χ2v) is 6.98. The van der Waals surface area contributed by atoms with Crippen LogP contribution in [0.4, 0.5) is 4.39 Å². The third-order valence-electron chi connectivity index (χ3n) is 4.11. The van der Waals surface area contributed by atoms with Crippen molar-refractivity contribution in [3.05, 3.63) is 81.8 Å². The first-order valence-corrected chi connectivity index (χ1v) is 9.99. The Morgan fingerprint density at radius 3 is 2.39 bits per heavy atom. The summed E-state index contributed by atoms with van der Waals surface area (Å²) in [5, 5.41) is 4.99. The molecule has 0 spiro atoms. The molecule has 6 heteroatoms. The molecule has 2 aromatic carbocycles. The minimum atomic E-state index is -0.366. The van der Waals surface area contributed by atoms with Gasteiger partial charge in [-0.2, -0.15) is 0 Å². The molecule has 0 aliphatic heterocycles. The van der Waals surface area contributed by atoms with Crippen molar-refractivity contribution in [2.24, 2.45) is 0 Å². The summed E-state index contributed by atoms with van der Waals surface area (Å²) in [5.41, 5.74) is 1.28. The summed E-state index contributed by atoms with van der Waals surface area (Å²) < 4.78 is 24.5. The Morgan fingerprint density at radius 2 is 1.75 bits per heavy atom. The van der Waals surface area contributed by atoms with Crippen molar-refractivity contribution in [1.82, 2.24) is 5.32 Å². The third-order valence-corrected chi connectivity index (χ3v) is 5.05. The lowest BCUT2D eigenvalue weighted by Crippen LogP contribution is -2.28. The van der Waals surface area contributed by atoms with E-state index >= 15 is 0 Å². The number of rotatable bonds is 8. The van der Waals surface area contributed by atoms with Crippen LogP contribution in [0.2, 0.25) is 0 Å². The van der Waals surface area contributed by atoms with Gasteiger partial charge in [0.05, 0.1) is 19.3 Å². The van der Waals surface area contributed by atoms with Crippen LogP contribution in [0.5, 0.6) is 11.5 Å². The quantitative estimate of drug-likeness (QED) is 0.566. The molecule has 1 unspecified atom stereocenters. The molecule has 3 rings (SSSR count). The predicted octanol–water partition coefficient (Wildman–Crippen LogP) is 5.20. The van der Waals surface area contributed by atoms with Gasteiger partial charge in [-0.05, 0) is 61.2 Å². The number of nitrogens with one attached hydrogen (secondary N) is 1. The molecule has 0 bridgehead atoms. The number of amides is 1. The number of thiophene rings is 1. The van der Waals surface area contributed by atoms with Gasteiger partial charge in [-0.3, -0.25) is 4.79 Å². The van der Waals surface area contributed by atoms with E-state index in [9.17, 15) is 9.18 Å². The van der Waals surface area contributed by atoms with Gasteiger partial charge in [0.1, 0.15) is 5.82 Å². The number of ether oxygens (including phenoxy) is 2. The molecular formula is C22H22FNO3S. The number of hydrogen-bond acceptors (Lipinski definition) is 4. The van der Waals surface area contributed by atoms with Gasteiger partial charge >= 0.3 is 0 Å². The largest absolute Gasteiger partial charge is 0.490 e. The summed E-state index contributed by atoms with van der Waals surface area (Å²) in [6, 6.07) is 14.8. The predicted molar refractivity (Wildman–Crippen MR) is 109 cm³/mol. The number of carbonyl (C=O) groups is 1. The minimum Gasteiger partial charge on any atom is -0.490 e. The molecule has 0 aliphatic rings. The van der Waals surface area contributed by atoms with Crippen LogP contribution in [-0.2, 0) is 0 Å². The van der Waals surface area contributed by atoms with Crippen molar-refractivity contribution in [1.29, 1.82) is 0 Å². The second kappa shape index (κ2) is 9.37. The van der Waals surface area contributed by atoms with Crippen LogP contribution >= 0.6 is 11.3 Å². The molecule has 0 radical (unpaired) electrons. The van der Waals surface area contributed by atoms with Crippen LogP contribution in [0, 0.1) is 5.82 Å². The highest BCUT2D eigenvalue weighted by Gasteiger charge is 2.20. The smallest absolute Gasteiger partial charge is 0.252 e. The van der Waals surface area contributed by atoms with Gasteiger partial charge in [-0.15, -0.1) is 11.3 Å². The summed E-state index contributed by atoms with van der Waals surface area (Å²) in [4.78, 5) is 13.9. The lowest BCUT2D eigenvalue weighted by atomic mass is 10.0. The van der Waals surface area contributed by atoms with E-state index in [4.69, 9.17) is 9.47 Å². The van der Waals surface area contributed by atoms with Crippen molar-refractivity contribution in [2.45, 2.75) is 19.9 Å². The topological polar surface area (TPSA) is 47.6 Å². The fraction of sp³-hybridized carbons (Fsp3) is 0.227. The van der Waals surface area contributed by atoms with Gasteiger partial charge in [0.25, 0.3) is 5.91 Å². The van der Waals surface area contributed by atoms with Crippen LogP contribution in [-0.4, -0.2) is 19.1 Å². The highest BCUT2D eigenvalue weighted by Crippen LogP contribution is 2.30. The summed E-state index contributed by atoms with van der Waals surface area (Å²) in [7, 11) is 0. The normalized spacial score (nSPS) is 11.7. The van der Waals surface area contributed by atoms with Crippen LogP contribution in [0.1, 0.15) is 40.7 Å². The molecule has 146 valence electrons. The molecule has 4 nitrogen and oxygen atoms in total. The van der Waals surface area contributed by atoms with Crippen molar-refractivity contribution >= 4 is 17.2 Å². The first kappa shape index (κ1) is 19.9. The number of halogens is 1. The van der Waals surface area contributed by atoms with Gasteiger partial charge < -0.3 is 14.8 Å². The summed E-state index contributed by atoms with van der Waals surface area (Å²) in [5.74, 6) is 0.584. The van der Waals surface area contributed by atoms with E-state index in [2.05, 4.69) is 5.32 Å². The van der Waals surface area contributed by atoms with Crippen LogP contribution in [0.25, 0.3) is 0 Å². The first-order chi connectivity index (χ1) is 13.6. The highest BCUT2D eigenvalue weighted by molar-refractivity contribution is 7.10. The molecule has 1 atom stereocenters. The second-order valence-electron chi connectivity index (χ2n) is 6.00. The fourth-order valence-electron chi connectivity index (χ4n) is 2.84. The number of benzene rings is 2. The summed E-state index contributed by atoms with van der Waals surface area (Å²) >= 11 is 1.53. The third kappa shape index (κ3) is 4.70. The SMILES string of the molecule is CCOc1ccc(C(=O)NC(c2ccc(F)cc2)c2cccs2)cc1OCC. The average Bonchev–Trinajstić information content (AvgIpc) is 3.23. The van der Waals surface area contributed by atoms with Gasteiger partial charge in [0.15, 0.2) is 11.5 Å². The maximum atomic E-state index is 13.3. The van der Waals surface area contributed by atoms with Gasteiger partial charge in [-0.25, -0.2) is 4.39 Å². The number of hydrogen-bond donors (Lipinski definition) is 1. The molecule has 1 aromatic heterocycles. The van der Waals surface area contributed by atoms with Crippen molar-refractivity contribution < 1.29 is 18.7 Å². The first-order valence-electron chi connectivity index (χ1n) is 9.11. The summed E-state index contributed by atoms with van der Waals surface area (Å²) in [6.45, 7) is 4.75. The molecule has 1 heterocycles. The molecule has 3 aromatic rings. The van der Waals surface area contributed by atoms with Crippen molar-refractivity contribution in [2.75, 3.05) is 13.2 Å². The zero-order chi connectivity index (χ0) is 19.9. The Hall–Kier alpha value is -2.86. The van der Waals surface area contributed by atoms with E-state index < -0.39 is 0 Å². The van der Waals surface area contributed by atoms with E-state index in [1.165, 1.54) is 23.5 Å². The van der Waals surface area contributed by atoms with Gasteiger partial charge in [0.2, 0.25) is 0 Å². The molecular weight excluding hydrogens is 377 g/mol. The Bertz CT molecular complexity index is 910. The Kier molecular flexibility index (Phi) is 6.66. The zero-order valence-corrected chi connectivity index (χ0v) is 16.6.